The van der Waals surface area contributed by atoms with Crippen molar-refractivity contribution in [1.82, 2.24) is 4.98 Å². The number of pyridine rings is 1. The number of aromatic nitrogens is 1. The van der Waals surface area contributed by atoms with Gasteiger partial charge in [-0.05, 0) is 26.0 Å². The predicted octanol–water partition coefficient (Wildman–Crippen LogP) is 1.98. The first-order chi connectivity index (χ1) is 8.06. The molecule has 5 heteroatoms. The number of thiocarbonyl (C=S) groups is 1. The van der Waals surface area contributed by atoms with Gasteiger partial charge in [-0.3, -0.25) is 0 Å². The zero-order chi connectivity index (χ0) is 12.8. The van der Waals surface area contributed by atoms with Gasteiger partial charge in [-0.15, -0.1) is 0 Å². The normalized spacial score (nSPS) is 11.9. The lowest BCUT2D eigenvalue weighted by Gasteiger charge is -2.27. The minimum absolute atomic E-state index is 0.196. The van der Waals surface area contributed by atoms with E-state index in [0.717, 1.165) is 11.6 Å². The highest BCUT2D eigenvalue weighted by atomic mass is 32.1. The second kappa shape index (κ2) is 6.39. The summed E-state index contributed by atoms with van der Waals surface area (Å²) < 4.78 is 5.55. The van der Waals surface area contributed by atoms with E-state index in [2.05, 4.69) is 11.9 Å². The quantitative estimate of drug-likeness (QED) is 0.786. The van der Waals surface area contributed by atoms with E-state index in [1.54, 1.807) is 6.20 Å². The molecule has 0 saturated heterocycles. The van der Waals surface area contributed by atoms with Crippen molar-refractivity contribution in [3.05, 3.63) is 18.3 Å². The molecule has 0 saturated carbocycles. The molecule has 0 aromatic carbocycles. The smallest absolute Gasteiger partial charge is 0.171 e. The minimum atomic E-state index is 0.196. The minimum Gasteiger partial charge on any atom is -0.490 e. The third kappa shape index (κ3) is 3.85. The Hall–Kier alpha value is -1.36. The first kappa shape index (κ1) is 13.7. The molecule has 4 nitrogen and oxygen atoms in total. The first-order valence-corrected chi connectivity index (χ1v) is 6.06. The molecule has 0 amide bonds. The number of nitrogens with zero attached hydrogens (tertiary/aromatic N) is 2. The molecule has 0 aliphatic rings. The predicted molar refractivity (Wildman–Crippen MR) is 74.7 cm³/mol. The van der Waals surface area contributed by atoms with Gasteiger partial charge in [0.2, 0.25) is 0 Å². The maximum Gasteiger partial charge on any atom is 0.171 e. The molecule has 94 valence electrons. The molecule has 1 atom stereocenters. The monoisotopic (exact) mass is 253 g/mol. The van der Waals surface area contributed by atoms with Crippen LogP contribution >= 0.6 is 12.2 Å². The van der Waals surface area contributed by atoms with E-state index in [1.165, 1.54) is 0 Å². The molecule has 17 heavy (non-hydrogen) atoms. The van der Waals surface area contributed by atoms with Gasteiger partial charge in [0.1, 0.15) is 0 Å². The molecule has 0 fully saturated rings. The van der Waals surface area contributed by atoms with Crippen molar-refractivity contribution >= 4 is 23.0 Å². The first-order valence-electron chi connectivity index (χ1n) is 5.65. The van der Waals surface area contributed by atoms with E-state index < -0.39 is 0 Å². The molecule has 0 radical (unpaired) electrons. The molecule has 1 aromatic heterocycles. The van der Waals surface area contributed by atoms with Crippen molar-refractivity contribution in [3.63, 3.8) is 0 Å². The summed E-state index contributed by atoms with van der Waals surface area (Å²) in [5.74, 6) is 1.60. The van der Waals surface area contributed by atoms with E-state index in [0.29, 0.717) is 18.0 Å². The number of ether oxygens (including phenoxy) is 1. The Morgan fingerprint density at radius 2 is 2.35 bits per heavy atom. The summed E-state index contributed by atoms with van der Waals surface area (Å²) >= 11 is 4.92. The number of hydrogen-bond donors (Lipinski definition) is 1. The molecular weight excluding hydrogens is 234 g/mol. The van der Waals surface area contributed by atoms with E-state index in [1.807, 2.05) is 31.0 Å². The van der Waals surface area contributed by atoms with E-state index in [4.69, 9.17) is 22.7 Å². The fraction of sp³-hybridized carbons (Fsp3) is 0.500. The molecule has 2 N–H and O–H groups in total. The van der Waals surface area contributed by atoms with E-state index >= 15 is 0 Å². The highest BCUT2D eigenvalue weighted by Gasteiger charge is 2.16. The van der Waals surface area contributed by atoms with E-state index in [-0.39, 0.29) is 6.04 Å². The van der Waals surface area contributed by atoms with Crippen LogP contribution in [-0.4, -0.2) is 29.7 Å². The maximum atomic E-state index is 5.56. The highest BCUT2D eigenvalue weighted by molar-refractivity contribution is 7.80. The van der Waals surface area contributed by atoms with Crippen LogP contribution in [-0.2, 0) is 0 Å². The summed E-state index contributed by atoms with van der Waals surface area (Å²) in [5, 5.41) is 0. The largest absolute Gasteiger partial charge is 0.490 e. The zero-order valence-corrected chi connectivity index (χ0v) is 11.3. The van der Waals surface area contributed by atoms with Gasteiger partial charge in [0, 0.05) is 25.7 Å². The van der Waals surface area contributed by atoms with Gasteiger partial charge in [0.15, 0.2) is 11.6 Å². The lowest BCUT2D eigenvalue weighted by atomic mass is 10.2. The van der Waals surface area contributed by atoms with Crippen molar-refractivity contribution in [3.8, 4) is 5.75 Å². The van der Waals surface area contributed by atoms with Crippen molar-refractivity contribution < 1.29 is 4.74 Å². The van der Waals surface area contributed by atoms with Gasteiger partial charge >= 0.3 is 0 Å². The average molecular weight is 253 g/mol. The molecule has 1 aromatic rings. The number of rotatable bonds is 6. The van der Waals surface area contributed by atoms with Crippen LogP contribution in [0.5, 0.6) is 5.75 Å². The Labute approximate surface area is 108 Å². The van der Waals surface area contributed by atoms with Crippen LogP contribution in [0.25, 0.3) is 0 Å². The van der Waals surface area contributed by atoms with Crippen molar-refractivity contribution in [2.75, 3.05) is 18.6 Å². The summed E-state index contributed by atoms with van der Waals surface area (Å²) in [5.41, 5.74) is 5.56. The molecular formula is C12H19N3OS. The van der Waals surface area contributed by atoms with Crippen LogP contribution in [0, 0.1) is 0 Å². The fourth-order valence-corrected chi connectivity index (χ4v) is 1.79. The third-order valence-electron chi connectivity index (χ3n) is 2.54. The van der Waals surface area contributed by atoms with Crippen molar-refractivity contribution in [2.24, 2.45) is 5.73 Å². The van der Waals surface area contributed by atoms with Gasteiger partial charge in [0.05, 0.1) is 11.6 Å². The summed E-state index contributed by atoms with van der Waals surface area (Å²) in [7, 11) is 1.97. The van der Waals surface area contributed by atoms with Crippen molar-refractivity contribution in [1.29, 1.82) is 0 Å². The Kier molecular flexibility index (Phi) is 5.15. The van der Waals surface area contributed by atoms with Crippen LogP contribution in [0.1, 0.15) is 20.3 Å². The van der Waals surface area contributed by atoms with Crippen molar-refractivity contribution in [2.45, 2.75) is 26.3 Å². The topological polar surface area (TPSA) is 51.4 Å². The third-order valence-corrected chi connectivity index (χ3v) is 2.71. The standard InChI is InChI=1S/C12H19N3OS/c1-4-16-10-6-5-7-14-12(10)15(3)9(2)8-11(13)17/h5-7,9H,4,8H2,1-3H3,(H2,13,17). The summed E-state index contributed by atoms with van der Waals surface area (Å²) in [4.78, 5) is 6.89. The lowest BCUT2D eigenvalue weighted by Crippen LogP contribution is -2.33. The van der Waals surface area contributed by atoms with Gasteiger partial charge in [-0.1, -0.05) is 12.2 Å². The SMILES string of the molecule is CCOc1cccnc1N(C)C(C)CC(N)=S. The molecule has 1 heterocycles. The molecule has 0 bridgehead atoms. The maximum absolute atomic E-state index is 5.56. The number of nitrogens with two attached hydrogens (primary N) is 1. The van der Waals surface area contributed by atoms with Crippen LogP contribution in [0.2, 0.25) is 0 Å². The Morgan fingerprint density at radius 3 is 2.94 bits per heavy atom. The highest BCUT2D eigenvalue weighted by Crippen LogP contribution is 2.26. The van der Waals surface area contributed by atoms with Gasteiger partial charge < -0.3 is 15.4 Å². The summed E-state index contributed by atoms with van der Waals surface area (Å²) in [6.07, 6.45) is 2.41. The van der Waals surface area contributed by atoms with Crippen LogP contribution < -0.4 is 15.4 Å². The zero-order valence-electron chi connectivity index (χ0n) is 10.5. The second-order valence-electron chi connectivity index (χ2n) is 3.89. The fourth-order valence-electron chi connectivity index (χ4n) is 1.55. The van der Waals surface area contributed by atoms with Gasteiger partial charge in [0.25, 0.3) is 0 Å². The van der Waals surface area contributed by atoms with Crippen LogP contribution in [0.4, 0.5) is 5.82 Å². The Morgan fingerprint density at radius 1 is 1.65 bits per heavy atom. The molecule has 1 unspecified atom stereocenters. The summed E-state index contributed by atoms with van der Waals surface area (Å²) in [6.45, 7) is 4.63. The lowest BCUT2D eigenvalue weighted by molar-refractivity contribution is 0.338. The Bertz CT molecular complexity index is 384. The Balaban J connectivity index is 2.86. The number of hydrogen-bond acceptors (Lipinski definition) is 4. The average Bonchev–Trinajstić information content (AvgIpc) is 2.28. The van der Waals surface area contributed by atoms with Crippen LogP contribution in [0.15, 0.2) is 18.3 Å². The number of anilines is 1. The molecule has 1 rings (SSSR count). The van der Waals surface area contributed by atoms with Gasteiger partial charge in [-0.25, -0.2) is 4.98 Å². The van der Waals surface area contributed by atoms with E-state index in [9.17, 15) is 0 Å². The molecule has 0 aliphatic heterocycles. The van der Waals surface area contributed by atoms with Gasteiger partial charge in [-0.2, -0.15) is 0 Å². The molecule has 0 spiro atoms. The summed E-state index contributed by atoms with van der Waals surface area (Å²) in [6, 6.07) is 3.97. The second-order valence-corrected chi connectivity index (χ2v) is 4.41. The molecule has 0 aliphatic carbocycles. The van der Waals surface area contributed by atoms with Crippen LogP contribution in [0.3, 0.4) is 0 Å².